The van der Waals surface area contributed by atoms with Crippen molar-refractivity contribution < 1.29 is 27.2 Å². The van der Waals surface area contributed by atoms with Crippen LogP contribution in [0.4, 0.5) is 18.3 Å². The number of furan rings is 1. The van der Waals surface area contributed by atoms with Crippen LogP contribution in [0.25, 0.3) is 11.3 Å². The third-order valence-electron chi connectivity index (χ3n) is 3.39. The molecule has 0 aliphatic carbocycles. The molecule has 0 spiro atoms. The molecular weight excluding hydrogens is 369 g/mol. The van der Waals surface area contributed by atoms with Crippen LogP contribution < -0.4 is 5.32 Å². The van der Waals surface area contributed by atoms with Crippen molar-refractivity contribution >= 4 is 28.2 Å². The van der Waals surface area contributed by atoms with Gasteiger partial charge in [0.15, 0.2) is 16.7 Å². The van der Waals surface area contributed by atoms with Gasteiger partial charge < -0.3 is 4.42 Å². The zero-order chi connectivity index (χ0) is 18.9. The number of alkyl halides is 3. The van der Waals surface area contributed by atoms with Gasteiger partial charge in [0, 0.05) is 17.9 Å². The van der Waals surface area contributed by atoms with Crippen molar-refractivity contribution in [2.75, 3.05) is 5.32 Å². The third-order valence-corrected chi connectivity index (χ3v) is 4.15. The number of thiazole rings is 1. The first kappa shape index (κ1) is 17.9. The van der Waals surface area contributed by atoms with Gasteiger partial charge in [-0.25, -0.2) is 4.98 Å². The maximum absolute atomic E-state index is 12.8. The molecule has 0 unspecified atom stereocenters. The van der Waals surface area contributed by atoms with E-state index >= 15 is 0 Å². The molecule has 0 fully saturated rings. The number of Topliss-reactive ketones (excluding diaryl/α,β-unsaturated/α-hetero) is 1. The van der Waals surface area contributed by atoms with E-state index in [1.807, 2.05) is 0 Å². The number of ketones is 1. The number of anilines is 1. The fraction of sp³-hybridized carbons (Fsp3) is 0.118. The summed E-state index contributed by atoms with van der Waals surface area (Å²) in [6.45, 7) is 1.36. The van der Waals surface area contributed by atoms with E-state index < -0.39 is 17.6 Å². The fourth-order valence-electron chi connectivity index (χ4n) is 2.12. The van der Waals surface area contributed by atoms with Crippen molar-refractivity contribution in [1.82, 2.24) is 4.98 Å². The van der Waals surface area contributed by atoms with E-state index in [1.54, 1.807) is 0 Å². The minimum atomic E-state index is -4.47. The molecule has 1 amide bonds. The first-order valence-electron chi connectivity index (χ1n) is 7.29. The molecule has 0 radical (unpaired) electrons. The van der Waals surface area contributed by atoms with Crippen molar-refractivity contribution in [3.63, 3.8) is 0 Å². The second-order valence-electron chi connectivity index (χ2n) is 5.29. The number of benzene rings is 1. The number of nitrogens with zero attached hydrogens (tertiary/aromatic N) is 1. The summed E-state index contributed by atoms with van der Waals surface area (Å²) in [6, 6.07) is 7.38. The molecule has 134 valence electrons. The largest absolute Gasteiger partial charge is 0.451 e. The molecule has 0 atom stereocenters. The average Bonchev–Trinajstić information content (AvgIpc) is 3.23. The molecule has 0 aliphatic heterocycles. The highest BCUT2D eigenvalue weighted by Gasteiger charge is 2.30. The topological polar surface area (TPSA) is 72.2 Å². The summed E-state index contributed by atoms with van der Waals surface area (Å²) >= 11 is 1.08. The summed E-state index contributed by atoms with van der Waals surface area (Å²) in [5, 5.41) is 4.20. The normalized spacial score (nSPS) is 11.4. The summed E-state index contributed by atoms with van der Waals surface area (Å²) in [6.07, 6.45) is -4.47. The smallest absolute Gasteiger partial charge is 0.416 e. The zero-order valence-corrected chi connectivity index (χ0v) is 14.1. The van der Waals surface area contributed by atoms with Crippen LogP contribution in [0.3, 0.4) is 0 Å². The molecule has 3 aromatic rings. The molecule has 5 nitrogen and oxygen atoms in total. The van der Waals surface area contributed by atoms with E-state index in [1.165, 1.54) is 36.6 Å². The predicted molar refractivity (Wildman–Crippen MR) is 89.2 cm³/mol. The van der Waals surface area contributed by atoms with Gasteiger partial charge in [-0.05, 0) is 24.3 Å². The number of hydrogen-bond donors (Lipinski definition) is 1. The van der Waals surface area contributed by atoms with E-state index in [0.717, 1.165) is 23.5 Å². The van der Waals surface area contributed by atoms with E-state index in [9.17, 15) is 22.8 Å². The van der Waals surface area contributed by atoms with Gasteiger partial charge in [-0.3, -0.25) is 14.9 Å². The van der Waals surface area contributed by atoms with E-state index in [0.29, 0.717) is 0 Å². The summed E-state index contributed by atoms with van der Waals surface area (Å²) in [5.74, 6) is -0.805. The zero-order valence-electron chi connectivity index (χ0n) is 13.3. The lowest BCUT2D eigenvalue weighted by Crippen LogP contribution is -2.10. The Bertz CT molecular complexity index is 976. The SMILES string of the molecule is CC(=O)c1csc(NC(=O)c2ccc(-c3cccc(C(F)(F)F)c3)o2)n1. The second kappa shape index (κ2) is 6.75. The monoisotopic (exact) mass is 380 g/mol. The maximum Gasteiger partial charge on any atom is 0.416 e. The van der Waals surface area contributed by atoms with E-state index in [2.05, 4.69) is 10.3 Å². The van der Waals surface area contributed by atoms with Crippen molar-refractivity contribution in [2.45, 2.75) is 13.1 Å². The van der Waals surface area contributed by atoms with Crippen LogP contribution in [0.5, 0.6) is 0 Å². The highest BCUT2D eigenvalue weighted by atomic mass is 32.1. The van der Waals surface area contributed by atoms with Crippen molar-refractivity contribution in [2.24, 2.45) is 0 Å². The van der Waals surface area contributed by atoms with Gasteiger partial charge in [0.25, 0.3) is 5.91 Å². The molecule has 3 rings (SSSR count). The molecule has 0 bridgehead atoms. The molecule has 1 N–H and O–H groups in total. The summed E-state index contributed by atoms with van der Waals surface area (Å²) in [4.78, 5) is 27.3. The first-order valence-corrected chi connectivity index (χ1v) is 8.17. The number of aromatic nitrogens is 1. The highest BCUT2D eigenvalue weighted by Crippen LogP contribution is 2.32. The minimum Gasteiger partial charge on any atom is -0.451 e. The standard InChI is InChI=1S/C17H11F3N2O3S/c1-9(23)12-8-26-16(21-12)22-15(24)14-6-5-13(25-14)10-3-2-4-11(7-10)17(18,19)20/h2-8H,1H3,(H,21,22,24). The number of nitrogens with one attached hydrogen (secondary N) is 1. The van der Waals surface area contributed by atoms with Gasteiger partial charge >= 0.3 is 6.18 Å². The van der Waals surface area contributed by atoms with Crippen LogP contribution in [0.2, 0.25) is 0 Å². The molecule has 1 aromatic carbocycles. The number of carbonyl (C=O) groups excluding carboxylic acids is 2. The molecule has 26 heavy (non-hydrogen) atoms. The van der Waals surface area contributed by atoms with Crippen LogP contribution in [0.15, 0.2) is 46.2 Å². The lowest BCUT2D eigenvalue weighted by atomic mass is 10.1. The Morgan fingerprint density at radius 1 is 1.19 bits per heavy atom. The number of rotatable bonds is 4. The molecule has 0 saturated carbocycles. The Morgan fingerprint density at radius 3 is 2.62 bits per heavy atom. The third kappa shape index (κ3) is 3.83. The molecular formula is C17H11F3N2O3S. The minimum absolute atomic E-state index is 0.0861. The van der Waals surface area contributed by atoms with Gasteiger partial charge in [0.05, 0.1) is 5.56 Å². The maximum atomic E-state index is 12.8. The van der Waals surface area contributed by atoms with Gasteiger partial charge in [0.2, 0.25) is 0 Å². The summed E-state index contributed by atoms with van der Waals surface area (Å²) in [5.41, 5.74) is -0.377. The molecule has 0 saturated heterocycles. The molecule has 2 heterocycles. The number of halogens is 3. The van der Waals surface area contributed by atoms with Crippen molar-refractivity contribution in [3.8, 4) is 11.3 Å². The van der Waals surface area contributed by atoms with Crippen LogP contribution in [-0.2, 0) is 6.18 Å². The first-order chi connectivity index (χ1) is 12.2. The number of hydrogen-bond acceptors (Lipinski definition) is 5. The Morgan fingerprint density at radius 2 is 1.96 bits per heavy atom. The Hall–Kier alpha value is -2.94. The highest BCUT2D eigenvalue weighted by molar-refractivity contribution is 7.14. The lowest BCUT2D eigenvalue weighted by Gasteiger charge is -2.07. The number of carbonyl (C=O) groups is 2. The molecule has 9 heteroatoms. The van der Waals surface area contributed by atoms with Gasteiger partial charge in [-0.2, -0.15) is 13.2 Å². The van der Waals surface area contributed by atoms with Crippen LogP contribution >= 0.6 is 11.3 Å². The Labute approximate surface area is 149 Å². The predicted octanol–water partition coefficient (Wildman–Crippen LogP) is 4.88. The Kier molecular flexibility index (Phi) is 4.64. The lowest BCUT2D eigenvalue weighted by molar-refractivity contribution is -0.137. The van der Waals surface area contributed by atoms with Crippen LogP contribution in [-0.4, -0.2) is 16.7 Å². The van der Waals surface area contributed by atoms with E-state index in [-0.39, 0.29) is 33.7 Å². The van der Waals surface area contributed by atoms with Crippen molar-refractivity contribution in [3.05, 3.63) is 58.8 Å². The summed E-state index contributed by atoms with van der Waals surface area (Å²) < 4.78 is 43.7. The van der Waals surface area contributed by atoms with Gasteiger partial charge in [-0.15, -0.1) is 11.3 Å². The number of amides is 1. The van der Waals surface area contributed by atoms with E-state index in [4.69, 9.17) is 4.42 Å². The fourth-order valence-corrected chi connectivity index (χ4v) is 2.86. The Balaban J connectivity index is 1.79. The second-order valence-corrected chi connectivity index (χ2v) is 6.15. The molecule has 0 aliphatic rings. The van der Waals surface area contributed by atoms with Crippen molar-refractivity contribution in [1.29, 1.82) is 0 Å². The van der Waals surface area contributed by atoms with Gasteiger partial charge in [0.1, 0.15) is 11.5 Å². The van der Waals surface area contributed by atoms with Gasteiger partial charge in [-0.1, -0.05) is 12.1 Å². The molecule has 2 aromatic heterocycles. The van der Waals surface area contributed by atoms with Crippen LogP contribution in [0.1, 0.15) is 33.5 Å². The quantitative estimate of drug-likeness (QED) is 0.655. The van der Waals surface area contributed by atoms with Crippen LogP contribution in [0, 0.1) is 0 Å². The summed E-state index contributed by atoms with van der Waals surface area (Å²) in [7, 11) is 0. The average molecular weight is 380 g/mol.